The van der Waals surface area contributed by atoms with Crippen LogP contribution in [0, 0.1) is 5.92 Å². The van der Waals surface area contributed by atoms with E-state index in [4.69, 9.17) is 22.7 Å². The topological polar surface area (TPSA) is 38.5 Å². The van der Waals surface area contributed by atoms with Gasteiger partial charge >= 0.3 is 0 Å². The summed E-state index contributed by atoms with van der Waals surface area (Å²) < 4.78 is 6.12. The van der Waals surface area contributed by atoms with Crippen molar-refractivity contribution in [2.45, 2.75) is 13.8 Å². The molecule has 0 bridgehead atoms. The first-order valence-electron chi connectivity index (χ1n) is 6.29. The maximum Gasteiger partial charge on any atom is 0.107 e. The van der Waals surface area contributed by atoms with Crippen molar-refractivity contribution in [3.05, 3.63) is 28.2 Å². The average molecular weight is 345 g/mol. The average Bonchev–Trinajstić information content (AvgIpc) is 2.33. The third kappa shape index (κ3) is 4.75. The second-order valence-corrected chi connectivity index (χ2v) is 6.13. The van der Waals surface area contributed by atoms with Crippen molar-refractivity contribution in [3.8, 4) is 0 Å². The highest BCUT2D eigenvalue weighted by Crippen LogP contribution is 2.28. The number of nitrogens with zero attached hydrogens (tertiary/aromatic N) is 1. The molecule has 0 heterocycles. The molecule has 0 aromatic heterocycles. The number of anilines is 1. The zero-order valence-corrected chi connectivity index (χ0v) is 14.1. The molecule has 0 radical (unpaired) electrons. The van der Waals surface area contributed by atoms with Crippen molar-refractivity contribution in [1.29, 1.82) is 0 Å². The molecule has 0 saturated heterocycles. The summed E-state index contributed by atoms with van der Waals surface area (Å²) in [4.78, 5) is 2.68. The summed E-state index contributed by atoms with van der Waals surface area (Å²) in [7, 11) is 1.71. The van der Waals surface area contributed by atoms with Gasteiger partial charge in [-0.1, -0.05) is 32.1 Å². The smallest absolute Gasteiger partial charge is 0.107 e. The quantitative estimate of drug-likeness (QED) is 0.771. The van der Waals surface area contributed by atoms with E-state index in [-0.39, 0.29) is 0 Å². The van der Waals surface area contributed by atoms with Crippen LogP contribution in [-0.2, 0) is 4.74 Å². The summed E-state index contributed by atoms with van der Waals surface area (Å²) in [5.74, 6) is 0.551. The minimum absolute atomic E-state index is 0.411. The highest BCUT2D eigenvalue weighted by molar-refractivity contribution is 9.10. The van der Waals surface area contributed by atoms with E-state index >= 15 is 0 Å². The van der Waals surface area contributed by atoms with E-state index in [9.17, 15) is 0 Å². The van der Waals surface area contributed by atoms with Crippen molar-refractivity contribution < 1.29 is 4.74 Å². The molecule has 0 atom stereocenters. The Morgan fingerprint density at radius 2 is 2.16 bits per heavy atom. The van der Waals surface area contributed by atoms with Gasteiger partial charge in [0.05, 0.1) is 6.61 Å². The number of ether oxygens (including phenoxy) is 1. The van der Waals surface area contributed by atoms with E-state index in [2.05, 4.69) is 40.7 Å². The molecule has 0 saturated carbocycles. The van der Waals surface area contributed by atoms with Crippen LogP contribution in [0.25, 0.3) is 0 Å². The lowest BCUT2D eigenvalue weighted by Crippen LogP contribution is -2.33. The van der Waals surface area contributed by atoms with Crippen LogP contribution in [0.3, 0.4) is 0 Å². The third-order valence-corrected chi connectivity index (χ3v) is 3.59. The summed E-state index contributed by atoms with van der Waals surface area (Å²) in [5.41, 5.74) is 7.82. The summed E-state index contributed by atoms with van der Waals surface area (Å²) in [5, 5.41) is 0. The van der Waals surface area contributed by atoms with E-state index in [0.717, 1.165) is 28.8 Å². The Morgan fingerprint density at radius 3 is 2.68 bits per heavy atom. The molecular formula is C14H21BrN2OS. The van der Waals surface area contributed by atoms with Crippen LogP contribution in [0.1, 0.15) is 19.4 Å². The van der Waals surface area contributed by atoms with Gasteiger partial charge in [-0.05, 0) is 34.0 Å². The number of halogens is 1. The highest BCUT2D eigenvalue weighted by atomic mass is 79.9. The second kappa shape index (κ2) is 7.82. The molecule has 1 rings (SSSR count). The molecule has 5 heteroatoms. The Bertz CT molecular complexity index is 437. The van der Waals surface area contributed by atoms with E-state index in [1.54, 1.807) is 7.11 Å². The van der Waals surface area contributed by atoms with Crippen LogP contribution >= 0.6 is 28.1 Å². The van der Waals surface area contributed by atoms with Gasteiger partial charge in [-0.2, -0.15) is 0 Å². The van der Waals surface area contributed by atoms with Crippen LogP contribution in [0.4, 0.5) is 5.69 Å². The molecule has 1 aromatic rings. The largest absolute Gasteiger partial charge is 0.389 e. The lowest BCUT2D eigenvalue weighted by molar-refractivity contribution is 0.204. The van der Waals surface area contributed by atoms with E-state index in [0.29, 0.717) is 17.5 Å². The predicted octanol–water partition coefficient (Wildman–Crippen LogP) is 3.19. The molecule has 0 aliphatic heterocycles. The van der Waals surface area contributed by atoms with E-state index in [1.165, 1.54) is 0 Å². The number of rotatable bonds is 7. The maximum absolute atomic E-state index is 5.86. The van der Waals surface area contributed by atoms with Crippen LogP contribution in [0.5, 0.6) is 0 Å². The molecule has 0 aliphatic rings. The van der Waals surface area contributed by atoms with Crippen molar-refractivity contribution >= 4 is 38.8 Å². The summed E-state index contributed by atoms with van der Waals surface area (Å²) in [6, 6.07) is 6.01. The van der Waals surface area contributed by atoms with Gasteiger partial charge in [0, 0.05) is 35.9 Å². The van der Waals surface area contributed by atoms with Gasteiger partial charge in [0.2, 0.25) is 0 Å². The zero-order chi connectivity index (χ0) is 14.4. The number of benzene rings is 1. The normalized spacial score (nSPS) is 10.8. The Kier molecular flexibility index (Phi) is 6.75. The van der Waals surface area contributed by atoms with Crippen LogP contribution in [-0.4, -0.2) is 31.8 Å². The lowest BCUT2D eigenvalue weighted by Gasteiger charge is -2.28. The number of methoxy groups -OCH3 is 1. The Morgan fingerprint density at radius 1 is 1.47 bits per heavy atom. The fraction of sp³-hybridized carbons (Fsp3) is 0.500. The first kappa shape index (κ1) is 16.4. The van der Waals surface area contributed by atoms with Gasteiger partial charge in [0.15, 0.2) is 0 Å². The number of nitrogens with two attached hydrogens (primary N) is 1. The minimum atomic E-state index is 0.411. The van der Waals surface area contributed by atoms with Crippen molar-refractivity contribution in [2.75, 3.05) is 31.7 Å². The zero-order valence-electron chi connectivity index (χ0n) is 11.6. The predicted molar refractivity (Wildman–Crippen MR) is 89.0 cm³/mol. The van der Waals surface area contributed by atoms with Crippen LogP contribution in [0.15, 0.2) is 22.7 Å². The highest BCUT2D eigenvalue weighted by Gasteiger charge is 2.16. The molecule has 106 valence electrons. The first-order valence-corrected chi connectivity index (χ1v) is 7.49. The minimum Gasteiger partial charge on any atom is -0.389 e. The fourth-order valence-corrected chi connectivity index (χ4v) is 2.89. The van der Waals surface area contributed by atoms with Gasteiger partial charge in [0.1, 0.15) is 4.99 Å². The summed E-state index contributed by atoms with van der Waals surface area (Å²) >= 11 is 8.70. The molecule has 0 spiro atoms. The number of hydrogen-bond donors (Lipinski definition) is 1. The number of thiocarbonyl (C=S) groups is 1. The molecule has 3 nitrogen and oxygen atoms in total. The molecule has 2 N–H and O–H groups in total. The van der Waals surface area contributed by atoms with Gasteiger partial charge in [0.25, 0.3) is 0 Å². The van der Waals surface area contributed by atoms with E-state index in [1.807, 2.05) is 12.1 Å². The molecule has 0 fully saturated rings. The van der Waals surface area contributed by atoms with Crippen LogP contribution < -0.4 is 10.6 Å². The molecule has 0 amide bonds. The molecule has 1 aromatic carbocycles. The van der Waals surface area contributed by atoms with Crippen molar-refractivity contribution in [2.24, 2.45) is 11.7 Å². The van der Waals surface area contributed by atoms with Gasteiger partial charge < -0.3 is 15.4 Å². The first-order chi connectivity index (χ1) is 8.97. The Hall–Kier alpha value is -0.650. The molecule has 19 heavy (non-hydrogen) atoms. The van der Waals surface area contributed by atoms with Gasteiger partial charge in [-0.25, -0.2) is 0 Å². The summed E-state index contributed by atoms with van der Waals surface area (Å²) in [6.07, 6.45) is 0. The SMILES string of the molecule is COCCN(CC(C)C)c1cccc(Br)c1C(N)=S. The third-order valence-electron chi connectivity index (χ3n) is 2.73. The standard InChI is InChI=1S/C14H21BrN2OS/c1-10(2)9-17(7-8-18-3)12-6-4-5-11(15)13(12)14(16)19/h4-6,10H,7-9H2,1-3H3,(H2,16,19). The molecule has 0 aliphatic carbocycles. The lowest BCUT2D eigenvalue weighted by atomic mass is 10.1. The Balaban J connectivity index is 3.13. The maximum atomic E-state index is 5.86. The number of hydrogen-bond acceptors (Lipinski definition) is 3. The van der Waals surface area contributed by atoms with Gasteiger partial charge in [-0.15, -0.1) is 0 Å². The summed E-state index contributed by atoms with van der Waals surface area (Å²) in [6.45, 7) is 6.82. The van der Waals surface area contributed by atoms with Gasteiger partial charge in [-0.3, -0.25) is 0 Å². The van der Waals surface area contributed by atoms with E-state index < -0.39 is 0 Å². The molecular weight excluding hydrogens is 324 g/mol. The second-order valence-electron chi connectivity index (χ2n) is 4.83. The fourth-order valence-electron chi connectivity index (χ4n) is 1.97. The van der Waals surface area contributed by atoms with Crippen molar-refractivity contribution in [1.82, 2.24) is 0 Å². The molecule has 0 unspecified atom stereocenters. The van der Waals surface area contributed by atoms with Crippen molar-refractivity contribution in [3.63, 3.8) is 0 Å². The van der Waals surface area contributed by atoms with Crippen LogP contribution in [0.2, 0.25) is 0 Å². The Labute approximate surface area is 129 Å². The monoisotopic (exact) mass is 344 g/mol.